The number of fused-ring (bicyclic) bond motifs is 1. The maximum Gasteiger partial charge on any atom is 0.469 e. The summed E-state index contributed by atoms with van der Waals surface area (Å²) in [6, 6.07) is 7.08. The number of likely N-dealkylation sites (tertiary alicyclic amines) is 1. The number of nitrogens with zero attached hydrogens (tertiary/aromatic N) is 4. The number of ether oxygens (including phenoxy) is 2. The molecule has 4 N–H and O–H groups in total. The number of anilines is 3. The highest BCUT2D eigenvalue weighted by Gasteiger charge is 2.23. The van der Waals surface area contributed by atoms with Crippen LogP contribution >= 0.6 is 19.2 Å². The Kier molecular flexibility index (Phi) is 10.5. The number of rotatable bonds is 13. The number of hydrogen-bond acceptors (Lipinski definition) is 11. The Morgan fingerprint density at radius 2 is 1.96 bits per heavy atom. The van der Waals surface area contributed by atoms with Crippen LogP contribution in [0.3, 0.4) is 0 Å². The van der Waals surface area contributed by atoms with Gasteiger partial charge in [-0.2, -0.15) is 0 Å². The van der Waals surface area contributed by atoms with Crippen LogP contribution in [0.1, 0.15) is 17.7 Å². The van der Waals surface area contributed by atoms with Crippen LogP contribution in [-0.2, 0) is 20.3 Å². The summed E-state index contributed by atoms with van der Waals surface area (Å²) in [7, 11) is -2.92. The molecule has 0 bridgehead atoms. The Morgan fingerprint density at radius 1 is 1.16 bits per heavy atom. The predicted octanol–water partition coefficient (Wildman–Crippen LogP) is 4.50. The normalized spacial score (nSPS) is 14.4. The summed E-state index contributed by atoms with van der Waals surface area (Å²) in [6.45, 7) is 2.63. The molecule has 1 aliphatic rings. The van der Waals surface area contributed by atoms with E-state index in [4.69, 9.17) is 19.3 Å². The van der Waals surface area contributed by atoms with Gasteiger partial charge < -0.3 is 29.9 Å². The third-order valence-corrected chi connectivity index (χ3v) is 8.51. The standard InChI is InChI=1S/C28H31F2N6O7PS/c1-41-23-12-19-22(13-24(23)42-10-9-36-7-5-17(6-8-36)15-43-44(38,39)40)32-16-33-27(19)35-28-31-14-18(45-28)11-25(37)34-21-4-2-3-20(29)26(21)30/h2-4,12-14,16-17H,5-11,15H2,1H3,(H,34,37)(H2,38,39,40)(H,31,32,33,35). The molecular weight excluding hydrogens is 633 g/mol. The second-order valence-corrected chi connectivity index (χ2v) is 12.6. The fourth-order valence-electron chi connectivity index (χ4n) is 4.80. The molecular formula is C28H31F2N6O7PS. The third-order valence-electron chi connectivity index (χ3n) is 7.11. The Bertz CT molecular complexity index is 1700. The van der Waals surface area contributed by atoms with Crippen molar-refractivity contribution in [3.05, 3.63) is 59.4 Å². The average Bonchev–Trinajstić information content (AvgIpc) is 3.44. The molecule has 0 radical (unpaired) electrons. The second kappa shape index (κ2) is 14.5. The quantitative estimate of drug-likeness (QED) is 0.148. The van der Waals surface area contributed by atoms with Gasteiger partial charge in [-0.1, -0.05) is 6.07 Å². The molecule has 5 rings (SSSR count). The van der Waals surface area contributed by atoms with E-state index in [0.717, 1.165) is 32.0 Å². The van der Waals surface area contributed by atoms with Gasteiger partial charge >= 0.3 is 7.82 Å². The highest BCUT2D eigenvalue weighted by molar-refractivity contribution is 7.46. The molecule has 240 valence electrons. The topological polar surface area (TPSA) is 168 Å². The highest BCUT2D eigenvalue weighted by atomic mass is 32.1. The number of hydrogen-bond donors (Lipinski definition) is 4. The fourth-order valence-corrected chi connectivity index (χ4v) is 6.02. The molecule has 0 aliphatic carbocycles. The first-order valence-electron chi connectivity index (χ1n) is 13.9. The summed E-state index contributed by atoms with van der Waals surface area (Å²) < 4.78 is 54.5. The number of piperidine rings is 1. The Morgan fingerprint density at radius 3 is 2.71 bits per heavy atom. The van der Waals surface area contributed by atoms with E-state index in [2.05, 4.69) is 35.0 Å². The van der Waals surface area contributed by atoms with E-state index in [0.29, 0.717) is 51.4 Å². The van der Waals surface area contributed by atoms with Crippen molar-refractivity contribution in [3.63, 3.8) is 0 Å². The number of phosphoric ester groups is 1. The maximum atomic E-state index is 13.9. The van der Waals surface area contributed by atoms with Gasteiger partial charge in [0.05, 0.1) is 31.3 Å². The molecule has 2 aromatic carbocycles. The van der Waals surface area contributed by atoms with Gasteiger partial charge in [0, 0.05) is 29.1 Å². The van der Waals surface area contributed by atoms with Crippen LogP contribution in [0.4, 0.5) is 25.4 Å². The van der Waals surface area contributed by atoms with Crippen molar-refractivity contribution >= 4 is 52.6 Å². The molecule has 13 nitrogen and oxygen atoms in total. The van der Waals surface area contributed by atoms with Gasteiger partial charge in [0.2, 0.25) is 5.91 Å². The van der Waals surface area contributed by atoms with Gasteiger partial charge in [-0.25, -0.2) is 28.3 Å². The second-order valence-electron chi connectivity index (χ2n) is 10.2. The molecule has 2 aromatic heterocycles. The lowest BCUT2D eigenvalue weighted by atomic mass is 9.98. The number of amides is 1. The van der Waals surface area contributed by atoms with Crippen molar-refractivity contribution in [1.29, 1.82) is 0 Å². The zero-order chi connectivity index (χ0) is 32.0. The molecule has 4 aromatic rings. The van der Waals surface area contributed by atoms with Crippen molar-refractivity contribution in [3.8, 4) is 11.5 Å². The highest BCUT2D eigenvalue weighted by Crippen LogP contribution is 2.38. The number of nitrogens with one attached hydrogen (secondary N) is 2. The average molecular weight is 665 g/mol. The summed E-state index contributed by atoms with van der Waals surface area (Å²) in [5, 5.41) is 6.63. The van der Waals surface area contributed by atoms with Gasteiger partial charge in [-0.15, -0.1) is 11.3 Å². The lowest BCUT2D eigenvalue weighted by Crippen LogP contribution is -2.37. The molecule has 1 amide bonds. The lowest BCUT2D eigenvalue weighted by molar-refractivity contribution is -0.115. The van der Waals surface area contributed by atoms with E-state index in [9.17, 15) is 18.1 Å². The minimum absolute atomic E-state index is 0.0444. The summed E-state index contributed by atoms with van der Waals surface area (Å²) in [5.74, 6) is -1.13. The maximum absolute atomic E-state index is 13.9. The SMILES string of the molecule is COc1cc2c(Nc3ncc(CC(=O)Nc4cccc(F)c4F)s3)ncnc2cc1OCCN1CCC(COP(=O)(O)O)CC1. The van der Waals surface area contributed by atoms with E-state index >= 15 is 0 Å². The monoisotopic (exact) mass is 664 g/mol. The summed E-state index contributed by atoms with van der Waals surface area (Å²) in [5.41, 5.74) is 0.365. The van der Waals surface area contributed by atoms with Crippen LogP contribution in [0.5, 0.6) is 11.5 Å². The largest absolute Gasteiger partial charge is 0.493 e. The Balaban J connectivity index is 1.17. The smallest absolute Gasteiger partial charge is 0.469 e. The van der Waals surface area contributed by atoms with E-state index in [1.165, 1.54) is 43.1 Å². The number of aromatic nitrogens is 3. The van der Waals surface area contributed by atoms with Crippen LogP contribution in [0.25, 0.3) is 10.9 Å². The molecule has 0 saturated carbocycles. The minimum atomic E-state index is -4.46. The molecule has 0 atom stereocenters. The number of carbonyl (C=O) groups is 1. The molecule has 17 heteroatoms. The van der Waals surface area contributed by atoms with Crippen molar-refractivity contribution in [1.82, 2.24) is 19.9 Å². The van der Waals surface area contributed by atoms with Crippen molar-refractivity contribution in [2.24, 2.45) is 5.92 Å². The number of phosphoric acid groups is 1. The molecule has 1 saturated heterocycles. The molecule has 3 heterocycles. The molecule has 0 spiro atoms. The Labute approximate surface area is 260 Å². The van der Waals surface area contributed by atoms with Crippen LogP contribution in [0.15, 0.2) is 42.9 Å². The zero-order valence-electron chi connectivity index (χ0n) is 24.1. The number of methoxy groups -OCH3 is 1. The molecule has 1 fully saturated rings. The van der Waals surface area contributed by atoms with Crippen LogP contribution in [0, 0.1) is 17.6 Å². The van der Waals surface area contributed by atoms with E-state index < -0.39 is 25.4 Å². The van der Waals surface area contributed by atoms with Crippen LogP contribution in [-0.4, -0.2) is 75.5 Å². The first-order valence-corrected chi connectivity index (χ1v) is 16.3. The number of carbonyl (C=O) groups excluding carboxylic acids is 1. The van der Waals surface area contributed by atoms with Gasteiger partial charge in [-0.3, -0.25) is 14.2 Å². The number of halogens is 2. The summed E-state index contributed by atoms with van der Waals surface area (Å²) in [6.07, 6.45) is 4.38. The van der Waals surface area contributed by atoms with Crippen molar-refractivity contribution in [2.75, 3.05) is 50.6 Å². The first kappa shape index (κ1) is 32.6. The molecule has 1 aliphatic heterocycles. The molecule has 45 heavy (non-hydrogen) atoms. The number of thiazole rings is 1. The number of benzene rings is 2. The lowest BCUT2D eigenvalue weighted by Gasteiger charge is -2.31. The van der Waals surface area contributed by atoms with Crippen LogP contribution < -0.4 is 20.1 Å². The van der Waals surface area contributed by atoms with E-state index in [1.54, 1.807) is 12.1 Å². The van der Waals surface area contributed by atoms with E-state index in [1.807, 2.05) is 0 Å². The summed E-state index contributed by atoms with van der Waals surface area (Å²) >= 11 is 1.21. The van der Waals surface area contributed by atoms with Crippen molar-refractivity contribution in [2.45, 2.75) is 19.3 Å². The Hall–Kier alpha value is -3.79. The fraction of sp³-hybridized carbons (Fsp3) is 0.357. The summed E-state index contributed by atoms with van der Waals surface area (Å²) in [4.78, 5) is 46.0. The van der Waals surface area contributed by atoms with Gasteiger partial charge in [-0.05, 0) is 50.0 Å². The zero-order valence-corrected chi connectivity index (χ0v) is 25.8. The van der Waals surface area contributed by atoms with Crippen molar-refractivity contribution < 1.29 is 41.9 Å². The van der Waals surface area contributed by atoms with Gasteiger partial charge in [0.1, 0.15) is 18.8 Å². The van der Waals surface area contributed by atoms with Gasteiger partial charge in [0.25, 0.3) is 0 Å². The predicted molar refractivity (Wildman–Crippen MR) is 163 cm³/mol. The van der Waals surface area contributed by atoms with Gasteiger partial charge in [0.15, 0.2) is 28.3 Å². The first-order chi connectivity index (χ1) is 21.6. The minimum Gasteiger partial charge on any atom is -0.493 e. The van der Waals surface area contributed by atoms with E-state index in [-0.39, 0.29) is 24.6 Å². The van der Waals surface area contributed by atoms with Crippen LogP contribution in [0.2, 0.25) is 0 Å². The molecule has 0 unspecified atom stereocenters. The third kappa shape index (κ3) is 8.90.